The van der Waals surface area contributed by atoms with Gasteiger partial charge in [-0.15, -0.1) is 0 Å². The number of aliphatic hydroxyl groups excluding tert-OH is 1. The highest BCUT2D eigenvalue weighted by Crippen LogP contribution is 2.45. The second-order valence-corrected chi connectivity index (χ2v) is 31.3. The van der Waals surface area contributed by atoms with Crippen molar-refractivity contribution in [3.05, 3.63) is 0 Å². The zero-order valence-corrected chi connectivity index (χ0v) is 62.7. The first-order valence-corrected chi connectivity index (χ1v) is 41.2. The first-order chi connectivity index (χ1) is 44.6. The topological polar surface area (TPSA) is 237 Å². The van der Waals surface area contributed by atoms with E-state index in [0.717, 1.165) is 108 Å². The lowest BCUT2D eigenvalue weighted by molar-refractivity contribution is -0.161. The molecule has 0 aromatic heterocycles. The van der Waals surface area contributed by atoms with Crippen molar-refractivity contribution in [1.29, 1.82) is 0 Å². The first kappa shape index (κ1) is 91.1. The van der Waals surface area contributed by atoms with Crippen molar-refractivity contribution < 1.29 is 80.2 Å². The number of carbonyl (C=O) groups excluding carboxylic acids is 4. The quantitative estimate of drug-likeness (QED) is 0.0222. The number of aliphatic hydroxyl groups is 1. The molecule has 0 bridgehead atoms. The molecule has 0 radical (unpaired) electrons. The number of carbonyl (C=O) groups is 4. The summed E-state index contributed by atoms with van der Waals surface area (Å²) in [6.45, 7) is 14.1. The molecule has 0 aliphatic rings. The van der Waals surface area contributed by atoms with Crippen molar-refractivity contribution >= 4 is 39.5 Å². The fourth-order valence-corrected chi connectivity index (χ4v) is 12.7. The standard InChI is InChI=1S/C74H144O17P2/c1-9-67(8)53-45-37-28-22-18-16-14-12-10-11-13-15-17-19-23-29-38-46-54-71(76)84-60-69(91-74(79)57-49-41-31-25-27-35-43-51-65(4)5)62-88-92(80,81)86-58-68(75)59-87-93(82,83)89-63-70(61-85-72(77)55-47-39-33-32-36-44-52-66(6)7)90-73(78)56-48-40-30-24-20-21-26-34-42-50-64(2)3/h64-70,75H,9-63H2,1-8H3,(H,80,81)(H,82,83)/t67?,68-,69-,70-/m1/s1. The van der Waals surface area contributed by atoms with Crippen LogP contribution in [0.3, 0.4) is 0 Å². The van der Waals surface area contributed by atoms with Gasteiger partial charge in [0.2, 0.25) is 0 Å². The number of unbranched alkanes of at least 4 members (excludes halogenated alkanes) is 36. The molecule has 6 atom stereocenters. The average molecular weight is 1370 g/mol. The van der Waals surface area contributed by atoms with Gasteiger partial charge in [-0.3, -0.25) is 37.3 Å². The van der Waals surface area contributed by atoms with Gasteiger partial charge in [-0.25, -0.2) is 9.13 Å². The van der Waals surface area contributed by atoms with E-state index >= 15 is 0 Å². The molecular weight excluding hydrogens is 1220 g/mol. The molecule has 3 unspecified atom stereocenters. The Morgan fingerprint density at radius 3 is 0.763 bits per heavy atom. The predicted molar refractivity (Wildman–Crippen MR) is 377 cm³/mol. The van der Waals surface area contributed by atoms with Crippen LogP contribution in [0.15, 0.2) is 0 Å². The summed E-state index contributed by atoms with van der Waals surface area (Å²) in [5.41, 5.74) is 0. The van der Waals surface area contributed by atoms with Crippen molar-refractivity contribution in [3.63, 3.8) is 0 Å². The second kappa shape index (κ2) is 63.5. The van der Waals surface area contributed by atoms with Crippen LogP contribution < -0.4 is 0 Å². The minimum Gasteiger partial charge on any atom is -0.462 e. The summed E-state index contributed by atoms with van der Waals surface area (Å²) in [4.78, 5) is 72.6. The normalized spacial score (nSPS) is 14.5. The van der Waals surface area contributed by atoms with Gasteiger partial charge < -0.3 is 33.8 Å². The summed E-state index contributed by atoms with van der Waals surface area (Å²) in [5.74, 6) is 0.855. The Labute approximate surface area is 568 Å². The minimum atomic E-state index is -4.95. The molecule has 17 nitrogen and oxygen atoms in total. The maximum atomic E-state index is 13.0. The molecule has 552 valence electrons. The lowest BCUT2D eigenvalue weighted by Gasteiger charge is -2.21. The number of hydrogen-bond acceptors (Lipinski definition) is 15. The molecule has 0 rings (SSSR count). The first-order valence-electron chi connectivity index (χ1n) is 38.2. The molecule has 19 heteroatoms. The van der Waals surface area contributed by atoms with Crippen LogP contribution in [0.25, 0.3) is 0 Å². The zero-order valence-electron chi connectivity index (χ0n) is 60.9. The highest BCUT2D eigenvalue weighted by Gasteiger charge is 2.30. The van der Waals surface area contributed by atoms with E-state index in [1.165, 1.54) is 167 Å². The van der Waals surface area contributed by atoms with E-state index in [2.05, 4.69) is 55.4 Å². The second-order valence-electron chi connectivity index (χ2n) is 28.4. The maximum absolute atomic E-state index is 13.0. The SMILES string of the molecule is CCC(C)CCCCCCCCCCCCCCCCCCCCC(=O)OC[C@H](COP(=O)(O)OC[C@@H](O)COP(=O)(O)OC[C@@H](COC(=O)CCCCCCCCC(C)C)OC(=O)CCCCCCCCCCCC(C)C)OC(=O)CCCCCCCCCC(C)C. The van der Waals surface area contributed by atoms with Crippen LogP contribution in [-0.4, -0.2) is 96.7 Å². The highest BCUT2D eigenvalue weighted by atomic mass is 31.2. The van der Waals surface area contributed by atoms with E-state index < -0.39 is 97.5 Å². The van der Waals surface area contributed by atoms with E-state index in [-0.39, 0.29) is 25.7 Å². The molecule has 0 aromatic rings. The van der Waals surface area contributed by atoms with E-state index in [4.69, 9.17) is 37.0 Å². The third-order valence-corrected chi connectivity index (χ3v) is 19.3. The molecule has 3 N–H and O–H groups in total. The molecule has 0 fully saturated rings. The van der Waals surface area contributed by atoms with Crippen molar-refractivity contribution in [2.45, 2.75) is 388 Å². The molecule has 0 saturated carbocycles. The van der Waals surface area contributed by atoms with Crippen LogP contribution in [0.5, 0.6) is 0 Å². The van der Waals surface area contributed by atoms with E-state index in [1.54, 1.807) is 0 Å². The number of esters is 4. The van der Waals surface area contributed by atoms with Crippen LogP contribution in [0.4, 0.5) is 0 Å². The predicted octanol–water partition coefficient (Wildman–Crippen LogP) is 21.3. The van der Waals surface area contributed by atoms with E-state index in [0.29, 0.717) is 37.5 Å². The molecule has 93 heavy (non-hydrogen) atoms. The molecule has 0 heterocycles. The van der Waals surface area contributed by atoms with Gasteiger partial charge in [0.25, 0.3) is 0 Å². The summed E-state index contributed by atoms with van der Waals surface area (Å²) < 4.78 is 68.3. The van der Waals surface area contributed by atoms with Gasteiger partial charge in [-0.1, -0.05) is 319 Å². The highest BCUT2D eigenvalue weighted by molar-refractivity contribution is 7.47. The van der Waals surface area contributed by atoms with Gasteiger partial charge in [0.15, 0.2) is 12.2 Å². The summed E-state index contributed by atoms with van der Waals surface area (Å²) in [6, 6.07) is 0. The van der Waals surface area contributed by atoms with Crippen LogP contribution in [0.1, 0.15) is 370 Å². The monoisotopic (exact) mass is 1370 g/mol. The van der Waals surface area contributed by atoms with Gasteiger partial charge in [-0.05, 0) is 49.4 Å². The van der Waals surface area contributed by atoms with Crippen molar-refractivity contribution in [2.75, 3.05) is 39.6 Å². The largest absolute Gasteiger partial charge is 0.472 e. The van der Waals surface area contributed by atoms with Gasteiger partial charge in [-0.2, -0.15) is 0 Å². The molecule has 0 aliphatic heterocycles. The van der Waals surface area contributed by atoms with E-state index in [1.807, 2.05) is 0 Å². The fraction of sp³-hybridized carbons (Fsp3) is 0.946. The van der Waals surface area contributed by atoms with Gasteiger partial charge in [0, 0.05) is 25.7 Å². The Kier molecular flexibility index (Phi) is 62.2. The number of ether oxygens (including phenoxy) is 4. The fourth-order valence-electron chi connectivity index (χ4n) is 11.2. The molecule has 0 spiro atoms. The molecule has 0 amide bonds. The average Bonchev–Trinajstić information content (AvgIpc) is 2.39. The number of hydrogen-bond donors (Lipinski definition) is 3. The summed E-state index contributed by atoms with van der Waals surface area (Å²) in [5, 5.41) is 10.6. The summed E-state index contributed by atoms with van der Waals surface area (Å²) in [6.07, 6.45) is 47.6. The Balaban J connectivity index is 5.11. The molecular formula is C74H144O17P2. The lowest BCUT2D eigenvalue weighted by Crippen LogP contribution is -2.30. The lowest BCUT2D eigenvalue weighted by atomic mass is 9.99. The minimum absolute atomic E-state index is 0.103. The van der Waals surface area contributed by atoms with Gasteiger partial charge >= 0.3 is 39.5 Å². The molecule has 0 aromatic carbocycles. The van der Waals surface area contributed by atoms with Crippen molar-refractivity contribution in [1.82, 2.24) is 0 Å². The summed E-state index contributed by atoms with van der Waals surface area (Å²) in [7, 11) is -9.90. The smallest absolute Gasteiger partial charge is 0.462 e. The Morgan fingerprint density at radius 1 is 0.301 bits per heavy atom. The molecule has 0 aliphatic carbocycles. The Morgan fingerprint density at radius 2 is 0.516 bits per heavy atom. The van der Waals surface area contributed by atoms with Crippen LogP contribution in [0.2, 0.25) is 0 Å². The number of phosphoric ester groups is 2. The van der Waals surface area contributed by atoms with Gasteiger partial charge in [0.05, 0.1) is 26.4 Å². The van der Waals surface area contributed by atoms with Crippen molar-refractivity contribution in [2.24, 2.45) is 23.7 Å². The van der Waals surface area contributed by atoms with Crippen LogP contribution in [0, 0.1) is 23.7 Å². The third-order valence-electron chi connectivity index (χ3n) is 17.4. The molecule has 0 saturated heterocycles. The van der Waals surface area contributed by atoms with Gasteiger partial charge in [0.1, 0.15) is 19.3 Å². The van der Waals surface area contributed by atoms with E-state index in [9.17, 15) is 43.2 Å². The van der Waals surface area contributed by atoms with Crippen LogP contribution >= 0.6 is 15.6 Å². The number of rotatable bonds is 71. The third kappa shape index (κ3) is 67.0. The number of phosphoric acid groups is 2. The van der Waals surface area contributed by atoms with Crippen LogP contribution in [-0.2, 0) is 65.4 Å². The Hall–Kier alpha value is -1.94. The summed E-state index contributed by atoms with van der Waals surface area (Å²) >= 11 is 0. The van der Waals surface area contributed by atoms with Crippen molar-refractivity contribution in [3.8, 4) is 0 Å². The Bertz CT molecular complexity index is 1840. The maximum Gasteiger partial charge on any atom is 0.472 e. The zero-order chi connectivity index (χ0) is 68.9.